The third-order valence-corrected chi connectivity index (χ3v) is 4.17. The average molecular weight is 274 g/mol. The summed E-state index contributed by atoms with van der Waals surface area (Å²) in [4.78, 5) is 15.9. The minimum Gasteiger partial charge on any atom is -0.382 e. The molecule has 2 aliphatic heterocycles. The standard InChI is InChI=1S/C15H22N4O/c1-2-16-15(20)14-9-12(5-6-17-14)19-13-7-10-3-4-11(8-13)18-10/h5-6,9-11,13,18H,2-4,7-8H2,1H3,(H,16,20)(H,17,19). The minimum atomic E-state index is -0.110. The summed E-state index contributed by atoms with van der Waals surface area (Å²) in [6.07, 6.45) is 6.61. The van der Waals surface area contributed by atoms with E-state index in [4.69, 9.17) is 0 Å². The predicted molar refractivity (Wildman–Crippen MR) is 78.8 cm³/mol. The van der Waals surface area contributed by atoms with Crippen molar-refractivity contribution in [3.8, 4) is 0 Å². The zero-order valence-electron chi connectivity index (χ0n) is 11.9. The van der Waals surface area contributed by atoms with Gasteiger partial charge in [-0.1, -0.05) is 0 Å². The maximum atomic E-state index is 11.8. The number of pyridine rings is 1. The molecule has 5 nitrogen and oxygen atoms in total. The van der Waals surface area contributed by atoms with E-state index in [0.29, 0.717) is 30.4 Å². The van der Waals surface area contributed by atoms with Crippen LogP contribution >= 0.6 is 0 Å². The first-order valence-electron chi connectivity index (χ1n) is 7.51. The molecule has 3 heterocycles. The van der Waals surface area contributed by atoms with Gasteiger partial charge in [0.15, 0.2) is 0 Å². The number of aromatic nitrogens is 1. The molecule has 20 heavy (non-hydrogen) atoms. The molecule has 3 N–H and O–H groups in total. The average Bonchev–Trinajstić information content (AvgIpc) is 2.78. The summed E-state index contributed by atoms with van der Waals surface area (Å²) in [6, 6.07) is 5.60. The lowest BCUT2D eigenvalue weighted by Gasteiger charge is -2.30. The highest BCUT2D eigenvalue weighted by atomic mass is 16.1. The van der Waals surface area contributed by atoms with E-state index >= 15 is 0 Å². The van der Waals surface area contributed by atoms with E-state index in [1.54, 1.807) is 6.20 Å². The maximum Gasteiger partial charge on any atom is 0.269 e. The number of hydrogen-bond acceptors (Lipinski definition) is 4. The van der Waals surface area contributed by atoms with Crippen molar-refractivity contribution in [1.29, 1.82) is 0 Å². The Morgan fingerprint density at radius 1 is 1.40 bits per heavy atom. The molecule has 0 radical (unpaired) electrons. The van der Waals surface area contributed by atoms with Gasteiger partial charge in [-0.3, -0.25) is 9.78 Å². The molecular formula is C15H22N4O. The van der Waals surface area contributed by atoms with Gasteiger partial charge in [-0.25, -0.2) is 0 Å². The van der Waals surface area contributed by atoms with Gasteiger partial charge in [0.2, 0.25) is 0 Å². The quantitative estimate of drug-likeness (QED) is 0.779. The molecular weight excluding hydrogens is 252 g/mol. The van der Waals surface area contributed by atoms with E-state index in [-0.39, 0.29) is 5.91 Å². The van der Waals surface area contributed by atoms with Gasteiger partial charge in [0.25, 0.3) is 5.91 Å². The number of nitrogens with zero attached hydrogens (tertiary/aromatic N) is 1. The van der Waals surface area contributed by atoms with Gasteiger partial charge >= 0.3 is 0 Å². The molecule has 2 fully saturated rings. The zero-order valence-corrected chi connectivity index (χ0v) is 11.9. The Morgan fingerprint density at radius 2 is 2.15 bits per heavy atom. The first-order chi connectivity index (χ1) is 9.74. The van der Waals surface area contributed by atoms with Crippen molar-refractivity contribution in [1.82, 2.24) is 15.6 Å². The fraction of sp³-hybridized carbons (Fsp3) is 0.600. The largest absolute Gasteiger partial charge is 0.382 e. The number of piperidine rings is 1. The van der Waals surface area contributed by atoms with Crippen LogP contribution in [0.25, 0.3) is 0 Å². The van der Waals surface area contributed by atoms with Crippen LogP contribution in [-0.4, -0.2) is 35.6 Å². The summed E-state index contributed by atoms with van der Waals surface area (Å²) in [5, 5.41) is 9.97. The summed E-state index contributed by atoms with van der Waals surface area (Å²) in [5.41, 5.74) is 1.47. The zero-order chi connectivity index (χ0) is 13.9. The third-order valence-electron chi connectivity index (χ3n) is 4.17. The van der Waals surface area contributed by atoms with Gasteiger partial charge < -0.3 is 16.0 Å². The van der Waals surface area contributed by atoms with E-state index in [0.717, 1.165) is 18.5 Å². The van der Waals surface area contributed by atoms with Crippen molar-refractivity contribution < 1.29 is 4.79 Å². The summed E-state index contributed by atoms with van der Waals surface area (Å²) in [6.45, 7) is 2.53. The second-order valence-electron chi connectivity index (χ2n) is 5.74. The summed E-state index contributed by atoms with van der Waals surface area (Å²) >= 11 is 0. The summed E-state index contributed by atoms with van der Waals surface area (Å²) in [7, 11) is 0. The normalized spacial score (nSPS) is 28.1. The second kappa shape index (κ2) is 5.79. The molecule has 1 amide bonds. The monoisotopic (exact) mass is 274 g/mol. The number of hydrogen-bond donors (Lipinski definition) is 3. The molecule has 2 aliphatic rings. The Balaban J connectivity index is 1.65. The van der Waals surface area contributed by atoms with Crippen molar-refractivity contribution in [3.63, 3.8) is 0 Å². The van der Waals surface area contributed by atoms with Crippen LogP contribution in [0, 0.1) is 0 Å². The van der Waals surface area contributed by atoms with Crippen LogP contribution in [0.2, 0.25) is 0 Å². The van der Waals surface area contributed by atoms with Crippen LogP contribution in [0.3, 0.4) is 0 Å². The van der Waals surface area contributed by atoms with Crippen LogP contribution in [0.5, 0.6) is 0 Å². The fourth-order valence-corrected chi connectivity index (χ4v) is 3.31. The van der Waals surface area contributed by atoms with Crippen molar-refractivity contribution in [2.75, 3.05) is 11.9 Å². The maximum absolute atomic E-state index is 11.8. The number of amides is 1. The number of fused-ring (bicyclic) bond motifs is 2. The Kier molecular flexibility index (Phi) is 3.87. The lowest BCUT2D eigenvalue weighted by Crippen LogP contribution is -2.43. The van der Waals surface area contributed by atoms with Crippen molar-refractivity contribution in [2.24, 2.45) is 0 Å². The SMILES string of the molecule is CCNC(=O)c1cc(NC2CC3CCC(C2)N3)ccn1. The number of nitrogens with one attached hydrogen (secondary N) is 3. The molecule has 5 heteroatoms. The number of carbonyl (C=O) groups excluding carboxylic acids is 1. The van der Waals surface area contributed by atoms with E-state index in [9.17, 15) is 4.79 Å². The molecule has 2 atom stereocenters. The smallest absolute Gasteiger partial charge is 0.269 e. The highest BCUT2D eigenvalue weighted by Crippen LogP contribution is 2.28. The lowest BCUT2D eigenvalue weighted by atomic mass is 9.99. The van der Waals surface area contributed by atoms with Gasteiger partial charge in [0, 0.05) is 36.6 Å². The molecule has 108 valence electrons. The number of rotatable bonds is 4. The molecule has 1 aromatic rings. The van der Waals surface area contributed by atoms with Crippen molar-refractivity contribution in [2.45, 2.75) is 50.7 Å². The molecule has 0 aliphatic carbocycles. The Hall–Kier alpha value is -1.62. The highest BCUT2D eigenvalue weighted by Gasteiger charge is 2.33. The molecule has 2 bridgehead atoms. The molecule has 2 unspecified atom stereocenters. The summed E-state index contributed by atoms with van der Waals surface area (Å²) in [5.74, 6) is -0.110. The molecule has 0 saturated carbocycles. The molecule has 0 aromatic carbocycles. The van der Waals surface area contributed by atoms with Crippen molar-refractivity contribution in [3.05, 3.63) is 24.0 Å². The highest BCUT2D eigenvalue weighted by molar-refractivity contribution is 5.93. The topological polar surface area (TPSA) is 66.1 Å². The number of anilines is 1. The Labute approximate surface area is 119 Å². The van der Waals surface area contributed by atoms with Gasteiger partial charge in [0.05, 0.1) is 0 Å². The second-order valence-corrected chi connectivity index (χ2v) is 5.74. The van der Waals surface area contributed by atoms with Crippen LogP contribution in [-0.2, 0) is 0 Å². The van der Waals surface area contributed by atoms with Crippen LogP contribution in [0.4, 0.5) is 5.69 Å². The van der Waals surface area contributed by atoms with Crippen LogP contribution < -0.4 is 16.0 Å². The van der Waals surface area contributed by atoms with E-state index < -0.39 is 0 Å². The Morgan fingerprint density at radius 3 is 2.85 bits per heavy atom. The third kappa shape index (κ3) is 2.93. The summed E-state index contributed by atoms with van der Waals surface area (Å²) < 4.78 is 0. The lowest BCUT2D eigenvalue weighted by molar-refractivity contribution is 0.0951. The molecule has 2 saturated heterocycles. The van der Waals surface area contributed by atoms with E-state index in [2.05, 4.69) is 20.9 Å². The van der Waals surface area contributed by atoms with E-state index in [1.807, 2.05) is 19.1 Å². The predicted octanol–water partition coefficient (Wildman–Crippen LogP) is 1.53. The van der Waals surface area contributed by atoms with Crippen LogP contribution in [0.15, 0.2) is 18.3 Å². The van der Waals surface area contributed by atoms with Gasteiger partial charge in [-0.15, -0.1) is 0 Å². The van der Waals surface area contributed by atoms with E-state index in [1.165, 1.54) is 12.8 Å². The van der Waals surface area contributed by atoms with Gasteiger partial charge in [-0.05, 0) is 44.7 Å². The van der Waals surface area contributed by atoms with Crippen LogP contribution in [0.1, 0.15) is 43.1 Å². The van der Waals surface area contributed by atoms with Gasteiger partial charge in [-0.2, -0.15) is 0 Å². The van der Waals surface area contributed by atoms with Crippen molar-refractivity contribution >= 4 is 11.6 Å². The molecule has 3 rings (SSSR count). The molecule has 0 spiro atoms. The van der Waals surface area contributed by atoms with Gasteiger partial charge in [0.1, 0.15) is 5.69 Å². The first-order valence-corrected chi connectivity index (χ1v) is 7.51. The first kappa shape index (κ1) is 13.4. The molecule has 1 aromatic heterocycles. The number of carbonyl (C=O) groups is 1. The minimum absolute atomic E-state index is 0.110. The Bertz CT molecular complexity index is 479. The fourth-order valence-electron chi connectivity index (χ4n) is 3.31.